The molecule has 0 aromatic carbocycles. The maximum absolute atomic E-state index is 11.5. The van der Waals surface area contributed by atoms with Crippen LogP contribution in [0.4, 0.5) is 0 Å². The molecule has 1 rings (SSSR count). The Bertz CT molecular complexity index is 464. The van der Waals surface area contributed by atoms with E-state index >= 15 is 0 Å². The van der Waals surface area contributed by atoms with E-state index < -0.39 is 0 Å². The first-order valence-electron chi connectivity index (χ1n) is 4.59. The first-order chi connectivity index (χ1) is 6.99. The van der Waals surface area contributed by atoms with E-state index in [0.717, 1.165) is 0 Å². The molecule has 15 heavy (non-hydrogen) atoms. The van der Waals surface area contributed by atoms with Gasteiger partial charge in [-0.2, -0.15) is 5.26 Å². The molecule has 1 aromatic heterocycles. The Kier molecular flexibility index (Phi) is 3.05. The average Bonchev–Trinajstić information content (AvgIpc) is 2.42. The maximum Gasteiger partial charge on any atom is 0.193 e. The molecule has 0 aliphatic carbocycles. The number of H-pyrrole nitrogens is 1. The molecular weight excluding hydrogens is 192 g/mol. The van der Waals surface area contributed by atoms with Gasteiger partial charge in [-0.05, 0) is 26.3 Å². The number of hydrogen-bond acceptors (Lipinski definition) is 3. The van der Waals surface area contributed by atoms with Crippen LogP contribution in [0.2, 0.25) is 0 Å². The highest BCUT2D eigenvalue weighted by molar-refractivity contribution is 6.03. The van der Waals surface area contributed by atoms with Crippen molar-refractivity contribution in [3.05, 3.63) is 22.5 Å². The van der Waals surface area contributed by atoms with E-state index in [1.165, 1.54) is 6.92 Å². The molecule has 0 atom stereocenters. The van der Waals surface area contributed by atoms with Crippen LogP contribution in [0.5, 0.6) is 0 Å². The van der Waals surface area contributed by atoms with Crippen molar-refractivity contribution in [2.75, 3.05) is 0 Å². The van der Waals surface area contributed by atoms with Crippen LogP contribution in [0, 0.1) is 25.2 Å². The normalized spacial score (nSPS) is 9.73. The average molecular weight is 204 g/mol. The summed E-state index contributed by atoms with van der Waals surface area (Å²) >= 11 is 0. The van der Waals surface area contributed by atoms with E-state index in [9.17, 15) is 9.59 Å². The third kappa shape index (κ3) is 1.96. The minimum absolute atomic E-state index is 0.0720. The zero-order valence-corrected chi connectivity index (χ0v) is 8.97. The molecule has 0 unspecified atom stereocenters. The van der Waals surface area contributed by atoms with Crippen LogP contribution < -0.4 is 0 Å². The molecule has 0 bridgehead atoms. The van der Waals surface area contributed by atoms with Gasteiger partial charge in [0.15, 0.2) is 11.6 Å². The fourth-order valence-electron chi connectivity index (χ4n) is 1.72. The fraction of sp³-hybridized carbons (Fsp3) is 0.364. The molecule has 0 amide bonds. The van der Waals surface area contributed by atoms with Crippen molar-refractivity contribution in [1.82, 2.24) is 4.98 Å². The number of carbonyl (C=O) groups is 2. The van der Waals surface area contributed by atoms with Gasteiger partial charge >= 0.3 is 0 Å². The lowest BCUT2D eigenvalue weighted by atomic mass is 10.0. The number of aryl methyl sites for hydroxylation is 1. The van der Waals surface area contributed by atoms with Crippen molar-refractivity contribution in [2.24, 2.45) is 0 Å². The van der Waals surface area contributed by atoms with Crippen LogP contribution >= 0.6 is 0 Å². The fourth-order valence-corrected chi connectivity index (χ4v) is 1.72. The Morgan fingerprint density at radius 2 is 2.00 bits per heavy atom. The van der Waals surface area contributed by atoms with E-state index in [-0.39, 0.29) is 18.0 Å². The van der Waals surface area contributed by atoms with Crippen LogP contribution in [-0.4, -0.2) is 16.6 Å². The van der Waals surface area contributed by atoms with Gasteiger partial charge in [-0.3, -0.25) is 9.59 Å². The molecule has 0 spiro atoms. The standard InChI is InChI=1S/C11H12N2O2/c1-6-10(8(3)14)7(2)13-11(6)9(15)4-5-12/h13H,4H2,1-3H3. The Balaban J connectivity index is 3.25. The summed E-state index contributed by atoms with van der Waals surface area (Å²) < 4.78 is 0. The molecule has 0 saturated heterocycles. The van der Waals surface area contributed by atoms with Gasteiger partial charge in [-0.1, -0.05) is 0 Å². The topological polar surface area (TPSA) is 73.7 Å². The summed E-state index contributed by atoms with van der Waals surface area (Å²) in [7, 11) is 0. The van der Waals surface area contributed by atoms with E-state index in [1.54, 1.807) is 19.9 Å². The van der Waals surface area contributed by atoms with E-state index in [1.807, 2.05) is 0 Å². The lowest BCUT2D eigenvalue weighted by molar-refractivity contribution is 0.0992. The zero-order chi connectivity index (χ0) is 11.6. The van der Waals surface area contributed by atoms with Gasteiger partial charge in [0.25, 0.3) is 0 Å². The van der Waals surface area contributed by atoms with Crippen molar-refractivity contribution < 1.29 is 9.59 Å². The highest BCUT2D eigenvalue weighted by atomic mass is 16.1. The van der Waals surface area contributed by atoms with Crippen LogP contribution in [0.1, 0.15) is 45.4 Å². The lowest BCUT2D eigenvalue weighted by Gasteiger charge is -1.96. The second kappa shape index (κ2) is 4.09. The summed E-state index contributed by atoms with van der Waals surface area (Å²) in [6.07, 6.45) is -0.169. The summed E-state index contributed by atoms with van der Waals surface area (Å²) in [5, 5.41) is 8.42. The van der Waals surface area contributed by atoms with Gasteiger partial charge in [0, 0.05) is 11.3 Å². The summed E-state index contributed by atoms with van der Waals surface area (Å²) in [5.74, 6) is -0.345. The van der Waals surface area contributed by atoms with Crippen LogP contribution in [-0.2, 0) is 0 Å². The number of nitriles is 1. The molecule has 0 aliphatic heterocycles. The minimum atomic E-state index is -0.273. The highest BCUT2D eigenvalue weighted by Gasteiger charge is 2.18. The second-order valence-corrected chi connectivity index (χ2v) is 3.44. The molecule has 1 aromatic rings. The zero-order valence-electron chi connectivity index (χ0n) is 8.97. The van der Waals surface area contributed by atoms with Gasteiger partial charge in [-0.25, -0.2) is 0 Å². The number of aromatic nitrogens is 1. The Hall–Kier alpha value is -1.89. The summed E-state index contributed by atoms with van der Waals surface area (Å²) in [6.45, 7) is 4.92. The van der Waals surface area contributed by atoms with Crippen molar-refractivity contribution in [1.29, 1.82) is 5.26 Å². The molecular formula is C11H12N2O2. The predicted octanol–water partition coefficient (Wildman–Crippen LogP) is 1.93. The van der Waals surface area contributed by atoms with Gasteiger partial charge in [0.05, 0.1) is 11.8 Å². The van der Waals surface area contributed by atoms with Gasteiger partial charge in [0.1, 0.15) is 6.42 Å². The molecule has 0 fully saturated rings. The number of rotatable bonds is 3. The van der Waals surface area contributed by atoms with E-state index in [0.29, 0.717) is 22.5 Å². The van der Waals surface area contributed by atoms with Crippen molar-refractivity contribution in [2.45, 2.75) is 27.2 Å². The van der Waals surface area contributed by atoms with Crippen molar-refractivity contribution in [3.63, 3.8) is 0 Å². The number of aromatic amines is 1. The first-order valence-corrected chi connectivity index (χ1v) is 4.59. The summed E-state index contributed by atoms with van der Waals surface area (Å²) in [6, 6.07) is 1.80. The SMILES string of the molecule is CC(=O)c1c(C)[nH]c(C(=O)CC#N)c1C. The Labute approximate surface area is 87.9 Å². The van der Waals surface area contributed by atoms with E-state index in [4.69, 9.17) is 5.26 Å². The molecule has 1 N–H and O–H groups in total. The lowest BCUT2D eigenvalue weighted by Crippen LogP contribution is -2.01. The van der Waals surface area contributed by atoms with Gasteiger partial charge < -0.3 is 4.98 Å². The number of hydrogen-bond donors (Lipinski definition) is 1. The number of carbonyl (C=O) groups excluding carboxylic acids is 2. The monoisotopic (exact) mass is 204 g/mol. The molecule has 1 heterocycles. The first kappa shape index (κ1) is 11.2. The predicted molar refractivity (Wildman–Crippen MR) is 54.8 cm³/mol. The molecule has 78 valence electrons. The molecule has 0 aliphatic rings. The second-order valence-electron chi connectivity index (χ2n) is 3.44. The summed E-state index contributed by atoms with van der Waals surface area (Å²) in [5.41, 5.74) is 2.25. The smallest absolute Gasteiger partial charge is 0.193 e. The number of ketones is 2. The maximum atomic E-state index is 11.5. The van der Waals surface area contributed by atoms with Crippen LogP contribution in [0.3, 0.4) is 0 Å². The summed E-state index contributed by atoms with van der Waals surface area (Å²) in [4.78, 5) is 25.6. The van der Waals surface area contributed by atoms with Crippen molar-refractivity contribution in [3.8, 4) is 6.07 Å². The third-order valence-electron chi connectivity index (χ3n) is 2.31. The number of nitrogens with zero attached hydrogens (tertiary/aromatic N) is 1. The van der Waals surface area contributed by atoms with Crippen molar-refractivity contribution >= 4 is 11.6 Å². The minimum Gasteiger partial charge on any atom is -0.355 e. The molecule has 0 saturated carbocycles. The third-order valence-corrected chi connectivity index (χ3v) is 2.31. The quantitative estimate of drug-likeness (QED) is 0.764. The van der Waals surface area contributed by atoms with Gasteiger partial charge in [-0.15, -0.1) is 0 Å². The highest BCUT2D eigenvalue weighted by Crippen LogP contribution is 2.19. The van der Waals surface area contributed by atoms with Gasteiger partial charge in [0.2, 0.25) is 0 Å². The molecule has 4 nitrogen and oxygen atoms in total. The number of Topliss-reactive ketones (excluding diaryl/α,β-unsaturated/α-hetero) is 2. The number of nitrogens with one attached hydrogen (secondary N) is 1. The Morgan fingerprint density at radius 3 is 2.40 bits per heavy atom. The molecule has 4 heteroatoms. The Morgan fingerprint density at radius 1 is 1.40 bits per heavy atom. The van der Waals surface area contributed by atoms with Crippen LogP contribution in [0.15, 0.2) is 0 Å². The molecule has 0 radical (unpaired) electrons. The van der Waals surface area contributed by atoms with E-state index in [2.05, 4.69) is 4.98 Å². The largest absolute Gasteiger partial charge is 0.355 e. The van der Waals surface area contributed by atoms with Crippen LogP contribution in [0.25, 0.3) is 0 Å².